The van der Waals surface area contributed by atoms with Gasteiger partial charge >= 0.3 is 0 Å². The van der Waals surface area contributed by atoms with Gasteiger partial charge in [-0.15, -0.1) is 0 Å². The van der Waals surface area contributed by atoms with E-state index >= 15 is 0 Å². The standard InChI is InChI=1S/C42H91N9O2/c1-7-42(8-2,36-52-34-38(3)50-40(43)48-32-26-17-15-13-11-9-10-12-14-16-22-28-45-5)37-53-35-39(4)51-41(44)49-33-27-21-20-25-31-47-30-24-19-18-23-29-46-6/h38-39,45-47H,7-37H2,1-6H3,(H3,43,48,50)(H3,44,49,51). The number of hydrogen-bond acceptors (Lipinski definition) is 7. The van der Waals surface area contributed by atoms with E-state index in [1.807, 2.05) is 14.1 Å². The summed E-state index contributed by atoms with van der Waals surface area (Å²) in [4.78, 5) is 9.08. The lowest BCUT2D eigenvalue weighted by molar-refractivity contribution is -0.0328. The van der Waals surface area contributed by atoms with Crippen molar-refractivity contribution < 1.29 is 9.47 Å². The minimum Gasteiger partial charge on any atom is -0.379 e. The molecule has 0 saturated heterocycles. The Morgan fingerprint density at radius 3 is 1.17 bits per heavy atom. The van der Waals surface area contributed by atoms with Gasteiger partial charge in [-0.05, 0) is 105 Å². The molecule has 11 nitrogen and oxygen atoms in total. The fraction of sp³-hybridized carbons (Fsp3) is 0.952. The predicted molar refractivity (Wildman–Crippen MR) is 231 cm³/mol. The molecule has 0 aromatic rings. The highest BCUT2D eigenvalue weighted by Gasteiger charge is 2.27. The molecule has 0 aromatic carbocycles. The highest BCUT2D eigenvalue weighted by atomic mass is 16.5. The number of nitrogens with one attached hydrogen (secondary N) is 5. The summed E-state index contributed by atoms with van der Waals surface area (Å²) in [5, 5.41) is 16.6. The Bertz CT molecular complexity index is 764. The second kappa shape index (κ2) is 38.6. The van der Waals surface area contributed by atoms with E-state index in [0.29, 0.717) is 38.3 Å². The van der Waals surface area contributed by atoms with Gasteiger partial charge in [0.05, 0.1) is 26.4 Å². The Hall–Kier alpha value is -1.66. The van der Waals surface area contributed by atoms with Crippen molar-refractivity contribution in [3.63, 3.8) is 0 Å². The van der Waals surface area contributed by atoms with Crippen molar-refractivity contribution in [1.29, 1.82) is 0 Å². The van der Waals surface area contributed by atoms with Crippen molar-refractivity contribution in [1.82, 2.24) is 26.6 Å². The molecule has 0 spiro atoms. The first-order valence-electron chi connectivity index (χ1n) is 22.1. The van der Waals surface area contributed by atoms with Crippen LogP contribution in [0.25, 0.3) is 0 Å². The summed E-state index contributed by atoms with van der Waals surface area (Å²) in [7, 11) is 4.06. The van der Waals surface area contributed by atoms with Gasteiger partial charge in [-0.2, -0.15) is 0 Å². The maximum Gasteiger partial charge on any atom is 0.188 e. The molecule has 0 aliphatic carbocycles. The molecular formula is C42H91N9O2. The fourth-order valence-corrected chi connectivity index (χ4v) is 6.43. The van der Waals surface area contributed by atoms with Crippen LogP contribution in [0.5, 0.6) is 0 Å². The van der Waals surface area contributed by atoms with Crippen molar-refractivity contribution in [2.75, 3.05) is 79.8 Å². The maximum atomic E-state index is 6.19. The van der Waals surface area contributed by atoms with E-state index in [1.54, 1.807) is 0 Å². The summed E-state index contributed by atoms with van der Waals surface area (Å²) < 4.78 is 12.4. The number of rotatable bonds is 40. The van der Waals surface area contributed by atoms with Gasteiger partial charge in [-0.1, -0.05) is 97.3 Å². The van der Waals surface area contributed by atoms with Crippen molar-refractivity contribution in [2.24, 2.45) is 26.9 Å². The van der Waals surface area contributed by atoms with Crippen molar-refractivity contribution in [3.8, 4) is 0 Å². The molecular weight excluding hydrogens is 663 g/mol. The summed E-state index contributed by atoms with van der Waals surface area (Å²) in [5.74, 6) is 1.02. The topological polar surface area (TPSA) is 155 Å². The molecule has 2 unspecified atom stereocenters. The van der Waals surface area contributed by atoms with Crippen molar-refractivity contribution in [2.45, 2.75) is 175 Å². The molecule has 0 aliphatic rings. The third kappa shape index (κ3) is 34.6. The maximum absolute atomic E-state index is 6.19. The second-order valence-electron chi connectivity index (χ2n) is 15.5. The quantitative estimate of drug-likeness (QED) is 0.0202. The van der Waals surface area contributed by atoms with E-state index < -0.39 is 0 Å². The Balaban J connectivity index is 3.98. The molecule has 2 atom stereocenters. The van der Waals surface area contributed by atoms with Crippen LogP contribution in [0.2, 0.25) is 0 Å². The van der Waals surface area contributed by atoms with E-state index in [0.717, 1.165) is 65.0 Å². The number of ether oxygens (including phenoxy) is 2. The summed E-state index contributed by atoms with van der Waals surface area (Å²) in [6, 6.07) is 0.182. The Labute approximate surface area is 328 Å². The first-order valence-corrected chi connectivity index (χ1v) is 22.1. The van der Waals surface area contributed by atoms with E-state index in [-0.39, 0.29) is 17.5 Å². The summed E-state index contributed by atoms with van der Waals surface area (Å²) >= 11 is 0. The summed E-state index contributed by atoms with van der Waals surface area (Å²) in [6.07, 6.45) is 26.5. The minimum atomic E-state index is -0.0213. The van der Waals surface area contributed by atoms with Crippen LogP contribution in [-0.4, -0.2) is 104 Å². The Kier molecular flexibility index (Phi) is 37.4. The minimum absolute atomic E-state index is 0.0213. The average molecular weight is 754 g/mol. The molecule has 0 rings (SSSR count). The fourth-order valence-electron chi connectivity index (χ4n) is 6.43. The number of nitrogens with two attached hydrogens (primary N) is 2. The molecule has 0 heterocycles. The zero-order valence-corrected chi connectivity index (χ0v) is 35.9. The molecule has 0 amide bonds. The molecule has 0 aromatic heterocycles. The van der Waals surface area contributed by atoms with Gasteiger partial charge in [0.2, 0.25) is 0 Å². The molecule has 9 N–H and O–H groups in total. The lowest BCUT2D eigenvalue weighted by Gasteiger charge is -2.32. The lowest BCUT2D eigenvalue weighted by atomic mass is 9.84. The zero-order chi connectivity index (χ0) is 39.1. The molecule has 0 fully saturated rings. The Morgan fingerprint density at radius 2 is 0.830 bits per heavy atom. The van der Waals surface area contributed by atoms with Gasteiger partial charge in [0.25, 0.3) is 0 Å². The van der Waals surface area contributed by atoms with Crippen LogP contribution >= 0.6 is 0 Å². The first kappa shape index (κ1) is 51.3. The van der Waals surface area contributed by atoms with Crippen LogP contribution in [0.15, 0.2) is 9.98 Å². The van der Waals surface area contributed by atoms with Crippen molar-refractivity contribution in [3.05, 3.63) is 0 Å². The van der Waals surface area contributed by atoms with Gasteiger partial charge in [0, 0.05) is 30.6 Å². The molecule has 316 valence electrons. The monoisotopic (exact) mass is 754 g/mol. The zero-order valence-electron chi connectivity index (χ0n) is 35.9. The molecule has 53 heavy (non-hydrogen) atoms. The van der Waals surface area contributed by atoms with Crippen LogP contribution in [0.1, 0.15) is 163 Å². The van der Waals surface area contributed by atoms with Crippen molar-refractivity contribution >= 4 is 11.9 Å². The van der Waals surface area contributed by atoms with Crippen LogP contribution in [0.3, 0.4) is 0 Å². The third-order valence-electron chi connectivity index (χ3n) is 10.3. The van der Waals surface area contributed by atoms with Gasteiger partial charge in [0.15, 0.2) is 11.9 Å². The van der Waals surface area contributed by atoms with Gasteiger partial charge < -0.3 is 47.5 Å². The third-order valence-corrected chi connectivity index (χ3v) is 10.3. The van der Waals surface area contributed by atoms with E-state index in [1.165, 1.54) is 109 Å². The van der Waals surface area contributed by atoms with Gasteiger partial charge in [-0.25, -0.2) is 0 Å². The second-order valence-corrected chi connectivity index (χ2v) is 15.5. The van der Waals surface area contributed by atoms with Crippen LogP contribution in [-0.2, 0) is 9.47 Å². The van der Waals surface area contributed by atoms with Crippen LogP contribution in [0, 0.1) is 5.41 Å². The molecule has 0 saturated carbocycles. The highest BCUT2D eigenvalue weighted by molar-refractivity contribution is 5.78. The summed E-state index contributed by atoms with van der Waals surface area (Å²) in [6.45, 7) is 17.2. The predicted octanol–water partition coefficient (Wildman–Crippen LogP) is 6.85. The van der Waals surface area contributed by atoms with Gasteiger partial charge in [0.1, 0.15) is 0 Å². The highest BCUT2D eigenvalue weighted by Crippen LogP contribution is 2.27. The SMILES string of the molecule is CCC(CC)(COCC(C)NC(N)=NCCCCCCCCCCCCCNC)COCC(C)NC(N)=NCCCCCCNCCCCCCNC. The molecule has 0 bridgehead atoms. The van der Waals surface area contributed by atoms with E-state index in [2.05, 4.69) is 64.3 Å². The lowest BCUT2D eigenvalue weighted by Crippen LogP contribution is -2.43. The Morgan fingerprint density at radius 1 is 0.509 bits per heavy atom. The normalized spacial score (nSPS) is 13.8. The number of nitrogens with zero attached hydrogens (tertiary/aromatic N) is 2. The number of hydrogen-bond donors (Lipinski definition) is 7. The first-order chi connectivity index (χ1) is 25.8. The number of guanidine groups is 2. The largest absolute Gasteiger partial charge is 0.379 e. The summed E-state index contributed by atoms with van der Waals surface area (Å²) in [5.41, 5.74) is 12.3. The van der Waals surface area contributed by atoms with E-state index in [9.17, 15) is 0 Å². The molecule has 11 heteroatoms. The number of aliphatic imine (C=N–C) groups is 2. The van der Waals surface area contributed by atoms with E-state index in [4.69, 9.17) is 20.9 Å². The number of unbranched alkanes of at least 4 members (excludes halogenated alkanes) is 16. The molecule has 0 radical (unpaired) electrons. The smallest absolute Gasteiger partial charge is 0.188 e. The van der Waals surface area contributed by atoms with Gasteiger partial charge in [-0.3, -0.25) is 9.98 Å². The average Bonchev–Trinajstić information content (AvgIpc) is 3.14. The van der Waals surface area contributed by atoms with Crippen LogP contribution < -0.4 is 38.1 Å². The molecule has 0 aliphatic heterocycles. The van der Waals surface area contributed by atoms with Crippen LogP contribution in [0.4, 0.5) is 0 Å².